The number of aromatic nitrogens is 2. The van der Waals surface area contributed by atoms with Crippen LogP contribution in [0, 0.1) is 0 Å². The van der Waals surface area contributed by atoms with Gasteiger partial charge < -0.3 is 10.8 Å². The molecule has 2 aromatic heterocycles. The van der Waals surface area contributed by atoms with E-state index in [1.165, 1.54) is 23.3 Å². The Morgan fingerprint density at radius 2 is 2.09 bits per heavy atom. The van der Waals surface area contributed by atoms with Crippen molar-refractivity contribution in [3.05, 3.63) is 16.3 Å². The summed E-state index contributed by atoms with van der Waals surface area (Å²) in [6.07, 6.45) is 4.57. The van der Waals surface area contributed by atoms with E-state index in [0.29, 0.717) is 18.2 Å². The topological polar surface area (TPSA) is 92.3 Å². The number of hydrogen-bond donors (Lipinski definition) is 2. The summed E-state index contributed by atoms with van der Waals surface area (Å²) >= 11 is 1.71. The number of carboxylic acid groups (broad SMARTS) is 1. The zero-order valence-electron chi connectivity index (χ0n) is 13.5. The van der Waals surface area contributed by atoms with Crippen molar-refractivity contribution < 1.29 is 9.90 Å². The maximum Gasteiger partial charge on any atom is 0.317 e. The van der Waals surface area contributed by atoms with E-state index in [-0.39, 0.29) is 12.6 Å². The first-order chi connectivity index (χ1) is 11.0. The highest BCUT2D eigenvalue weighted by atomic mass is 32.1. The minimum atomic E-state index is -0.848. The summed E-state index contributed by atoms with van der Waals surface area (Å²) in [5.41, 5.74) is 7.52. The van der Waals surface area contributed by atoms with E-state index in [9.17, 15) is 4.79 Å². The second kappa shape index (κ2) is 6.41. The lowest BCUT2D eigenvalue weighted by atomic mass is 9.97. The summed E-state index contributed by atoms with van der Waals surface area (Å²) < 4.78 is 0. The molecule has 1 aliphatic carbocycles. The second-order valence-corrected chi connectivity index (χ2v) is 7.39. The van der Waals surface area contributed by atoms with E-state index in [2.05, 4.69) is 9.97 Å². The molecule has 0 amide bonds. The van der Waals surface area contributed by atoms with Crippen LogP contribution in [-0.2, 0) is 24.2 Å². The van der Waals surface area contributed by atoms with Gasteiger partial charge in [0.1, 0.15) is 16.5 Å². The van der Waals surface area contributed by atoms with Gasteiger partial charge in [0.25, 0.3) is 0 Å². The molecule has 2 aromatic rings. The van der Waals surface area contributed by atoms with Gasteiger partial charge in [-0.1, -0.05) is 0 Å². The number of aliphatic carboxylic acids is 1. The van der Waals surface area contributed by atoms with E-state index in [1.807, 2.05) is 18.7 Å². The van der Waals surface area contributed by atoms with Gasteiger partial charge in [-0.3, -0.25) is 9.69 Å². The van der Waals surface area contributed by atoms with Crippen LogP contribution in [0.3, 0.4) is 0 Å². The first-order valence-electron chi connectivity index (χ1n) is 7.98. The third-order valence-corrected chi connectivity index (χ3v) is 5.49. The van der Waals surface area contributed by atoms with Crippen molar-refractivity contribution in [2.45, 2.75) is 52.1 Å². The minimum Gasteiger partial charge on any atom is -0.480 e. The highest BCUT2D eigenvalue weighted by molar-refractivity contribution is 7.19. The molecule has 0 saturated carbocycles. The Hall–Kier alpha value is -1.73. The van der Waals surface area contributed by atoms with E-state index >= 15 is 0 Å². The molecular weight excluding hydrogens is 312 g/mol. The van der Waals surface area contributed by atoms with Crippen LogP contribution in [0.15, 0.2) is 0 Å². The Morgan fingerprint density at radius 3 is 2.78 bits per heavy atom. The van der Waals surface area contributed by atoms with E-state index in [1.54, 1.807) is 11.3 Å². The lowest BCUT2D eigenvalue weighted by molar-refractivity contribution is -0.139. The van der Waals surface area contributed by atoms with Crippen LogP contribution < -0.4 is 5.73 Å². The maximum absolute atomic E-state index is 11.0. The number of aryl methyl sites for hydroxylation is 2. The summed E-state index contributed by atoms with van der Waals surface area (Å²) in [7, 11) is 0. The molecule has 0 spiro atoms. The molecular formula is C16H22N4O2S. The summed E-state index contributed by atoms with van der Waals surface area (Å²) in [6, 6.07) is 0.100. The largest absolute Gasteiger partial charge is 0.480 e. The number of nitrogens with two attached hydrogens (primary N) is 1. The van der Waals surface area contributed by atoms with Crippen molar-refractivity contribution in [1.29, 1.82) is 0 Å². The third kappa shape index (κ3) is 3.30. The standard InChI is InChI=1S/C16H22N4O2S/c1-9(2)20(8-13(21)22)7-12-18-15(17)14-10-5-3-4-6-11(10)23-16(14)19-12/h9H,3-8H2,1-2H3,(H,21,22)(H2,17,18,19). The first kappa shape index (κ1) is 16.1. The fourth-order valence-electron chi connectivity index (χ4n) is 3.08. The smallest absolute Gasteiger partial charge is 0.317 e. The van der Waals surface area contributed by atoms with Gasteiger partial charge in [-0.2, -0.15) is 0 Å². The number of carboxylic acids is 1. The van der Waals surface area contributed by atoms with Crippen LogP contribution in [0.2, 0.25) is 0 Å². The quantitative estimate of drug-likeness (QED) is 0.872. The molecule has 6 nitrogen and oxygen atoms in total. The predicted octanol–water partition coefficient (Wildman–Crippen LogP) is 2.45. The average molecular weight is 334 g/mol. The van der Waals surface area contributed by atoms with Crippen molar-refractivity contribution in [2.75, 3.05) is 12.3 Å². The fourth-order valence-corrected chi connectivity index (χ4v) is 4.37. The molecule has 7 heteroatoms. The molecule has 0 atom stereocenters. The molecule has 0 fully saturated rings. The van der Waals surface area contributed by atoms with Crippen molar-refractivity contribution in [2.24, 2.45) is 0 Å². The number of nitrogens with zero attached hydrogens (tertiary/aromatic N) is 3. The zero-order chi connectivity index (χ0) is 16.6. The molecule has 2 heterocycles. The summed E-state index contributed by atoms with van der Waals surface area (Å²) in [6.45, 7) is 4.30. The molecule has 23 heavy (non-hydrogen) atoms. The highest BCUT2D eigenvalue weighted by Gasteiger charge is 2.21. The van der Waals surface area contributed by atoms with Crippen LogP contribution in [-0.4, -0.2) is 38.5 Å². The highest BCUT2D eigenvalue weighted by Crippen LogP contribution is 2.37. The van der Waals surface area contributed by atoms with Crippen molar-refractivity contribution in [1.82, 2.24) is 14.9 Å². The van der Waals surface area contributed by atoms with Gasteiger partial charge in [-0.05, 0) is 45.1 Å². The van der Waals surface area contributed by atoms with Gasteiger partial charge in [0.15, 0.2) is 0 Å². The molecule has 124 valence electrons. The second-order valence-electron chi connectivity index (χ2n) is 6.31. The van der Waals surface area contributed by atoms with Crippen LogP contribution in [0.25, 0.3) is 10.2 Å². The predicted molar refractivity (Wildman–Crippen MR) is 91.7 cm³/mol. The van der Waals surface area contributed by atoms with Crippen LogP contribution in [0.5, 0.6) is 0 Å². The summed E-state index contributed by atoms with van der Waals surface area (Å²) in [5, 5.41) is 10.1. The Bertz CT molecular complexity index is 741. The first-order valence-corrected chi connectivity index (χ1v) is 8.80. The van der Waals surface area contributed by atoms with Crippen LogP contribution in [0.4, 0.5) is 5.82 Å². The number of carbonyl (C=O) groups is 1. The number of rotatable bonds is 5. The van der Waals surface area contributed by atoms with Gasteiger partial charge >= 0.3 is 5.97 Å². The Balaban J connectivity index is 1.94. The Morgan fingerprint density at radius 1 is 1.35 bits per heavy atom. The van der Waals surface area contributed by atoms with Gasteiger partial charge in [0.2, 0.25) is 0 Å². The van der Waals surface area contributed by atoms with Gasteiger partial charge in [0.05, 0.1) is 18.5 Å². The van der Waals surface area contributed by atoms with Crippen molar-refractivity contribution >= 4 is 33.3 Å². The molecule has 3 N–H and O–H groups in total. The third-order valence-electron chi connectivity index (χ3n) is 4.30. The summed E-state index contributed by atoms with van der Waals surface area (Å²) in [4.78, 5) is 24.3. The van der Waals surface area contributed by atoms with E-state index in [0.717, 1.165) is 23.1 Å². The van der Waals surface area contributed by atoms with Gasteiger partial charge in [-0.25, -0.2) is 9.97 Å². The van der Waals surface area contributed by atoms with Crippen molar-refractivity contribution in [3.8, 4) is 0 Å². The van der Waals surface area contributed by atoms with Crippen LogP contribution >= 0.6 is 11.3 Å². The molecule has 3 rings (SSSR count). The average Bonchev–Trinajstić information content (AvgIpc) is 2.84. The number of hydrogen-bond acceptors (Lipinski definition) is 6. The zero-order valence-corrected chi connectivity index (χ0v) is 14.3. The molecule has 0 unspecified atom stereocenters. The van der Waals surface area contributed by atoms with E-state index < -0.39 is 5.97 Å². The molecule has 0 saturated heterocycles. The van der Waals surface area contributed by atoms with E-state index in [4.69, 9.17) is 10.8 Å². The van der Waals surface area contributed by atoms with Gasteiger partial charge in [0, 0.05) is 10.9 Å². The Labute approximate surface area is 139 Å². The van der Waals surface area contributed by atoms with Crippen LogP contribution in [0.1, 0.15) is 43.0 Å². The monoisotopic (exact) mass is 334 g/mol. The molecule has 0 aromatic carbocycles. The molecule has 1 aliphatic rings. The lowest BCUT2D eigenvalue weighted by Gasteiger charge is -2.23. The molecule has 0 aliphatic heterocycles. The van der Waals surface area contributed by atoms with Gasteiger partial charge in [-0.15, -0.1) is 11.3 Å². The molecule has 0 bridgehead atoms. The maximum atomic E-state index is 11.0. The molecule has 0 radical (unpaired) electrons. The number of fused-ring (bicyclic) bond motifs is 3. The number of nitrogen functional groups attached to an aromatic ring is 1. The number of anilines is 1. The SMILES string of the molecule is CC(C)N(CC(=O)O)Cc1nc(N)c2c3c(sc2n1)CCCC3. The minimum absolute atomic E-state index is 0.0279. The fraction of sp³-hybridized carbons (Fsp3) is 0.562. The Kier molecular flexibility index (Phi) is 4.50. The number of thiophene rings is 1. The summed E-state index contributed by atoms with van der Waals surface area (Å²) in [5.74, 6) is 0.284. The normalized spacial score (nSPS) is 14.6. The van der Waals surface area contributed by atoms with Crippen molar-refractivity contribution in [3.63, 3.8) is 0 Å². The lowest BCUT2D eigenvalue weighted by Crippen LogP contribution is -2.35.